The first kappa shape index (κ1) is 15.9. The molecule has 0 amide bonds. The minimum atomic E-state index is -0.527. The Morgan fingerprint density at radius 3 is 2.80 bits per heavy atom. The molecular formula is C15H21Cl2NO2. The van der Waals surface area contributed by atoms with Crippen molar-refractivity contribution in [3.8, 4) is 5.75 Å². The molecule has 20 heavy (non-hydrogen) atoms. The fourth-order valence-electron chi connectivity index (χ4n) is 2.51. The smallest absolute Gasteiger partial charge is 0.121 e. The Kier molecular flexibility index (Phi) is 5.97. The maximum atomic E-state index is 9.91. The molecule has 3 nitrogen and oxygen atoms in total. The highest BCUT2D eigenvalue weighted by Gasteiger charge is 2.21. The quantitative estimate of drug-likeness (QED) is 0.843. The number of hydrogen-bond donors (Lipinski definition) is 2. The van der Waals surface area contributed by atoms with Crippen molar-refractivity contribution in [1.29, 1.82) is 0 Å². The lowest BCUT2D eigenvalue weighted by Gasteiger charge is -2.17. The first-order chi connectivity index (χ1) is 9.54. The first-order valence-corrected chi connectivity index (χ1v) is 7.79. The Labute approximate surface area is 130 Å². The van der Waals surface area contributed by atoms with Crippen LogP contribution in [0.2, 0.25) is 10.0 Å². The van der Waals surface area contributed by atoms with Crippen LogP contribution in [0.4, 0.5) is 0 Å². The number of ether oxygens (including phenoxy) is 1. The molecule has 3 unspecified atom stereocenters. The zero-order chi connectivity index (χ0) is 14.5. The van der Waals surface area contributed by atoms with Crippen LogP contribution in [0.3, 0.4) is 0 Å². The van der Waals surface area contributed by atoms with Gasteiger partial charge in [-0.25, -0.2) is 0 Å². The van der Waals surface area contributed by atoms with Gasteiger partial charge in [0.25, 0.3) is 0 Å². The van der Waals surface area contributed by atoms with Crippen LogP contribution in [-0.4, -0.2) is 30.4 Å². The van der Waals surface area contributed by atoms with Gasteiger partial charge in [-0.1, -0.05) is 30.1 Å². The zero-order valence-corrected chi connectivity index (χ0v) is 13.1. The van der Waals surface area contributed by atoms with E-state index in [-0.39, 0.29) is 6.61 Å². The molecule has 1 aliphatic rings. The van der Waals surface area contributed by atoms with E-state index in [2.05, 4.69) is 12.2 Å². The summed E-state index contributed by atoms with van der Waals surface area (Å²) in [6.07, 6.45) is 3.13. The fourth-order valence-corrected chi connectivity index (χ4v) is 2.80. The third-order valence-corrected chi connectivity index (χ3v) is 4.41. The largest absolute Gasteiger partial charge is 0.491 e. The minimum absolute atomic E-state index is 0.243. The standard InChI is InChI=1S/C15H21Cl2NO2/c1-10-2-3-11(6-10)18-8-12(19)9-20-13-4-5-14(16)15(17)7-13/h4-5,7,10-12,18-19H,2-3,6,8-9H2,1H3. The van der Waals surface area contributed by atoms with Crippen LogP contribution in [0.15, 0.2) is 18.2 Å². The number of aliphatic hydroxyl groups excluding tert-OH is 1. The monoisotopic (exact) mass is 317 g/mol. The summed E-state index contributed by atoms with van der Waals surface area (Å²) in [6, 6.07) is 5.61. The Bertz CT molecular complexity index is 442. The molecule has 1 saturated carbocycles. The second-order valence-electron chi connectivity index (χ2n) is 5.56. The molecule has 0 heterocycles. The number of aliphatic hydroxyl groups is 1. The molecule has 5 heteroatoms. The van der Waals surface area contributed by atoms with E-state index in [1.807, 2.05) is 0 Å². The third kappa shape index (κ3) is 4.81. The highest BCUT2D eigenvalue weighted by molar-refractivity contribution is 6.42. The summed E-state index contributed by atoms with van der Waals surface area (Å²) in [5.74, 6) is 1.41. The van der Waals surface area contributed by atoms with Gasteiger partial charge in [-0.15, -0.1) is 0 Å². The normalized spacial score (nSPS) is 23.8. The van der Waals surface area contributed by atoms with E-state index in [0.717, 1.165) is 5.92 Å². The summed E-state index contributed by atoms with van der Waals surface area (Å²) in [7, 11) is 0. The van der Waals surface area contributed by atoms with E-state index >= 15 is 0 Å². The summed E-state index contributed by atoms with van der Waals surface area (Å²) in [5.41, 5.74) is 0. The predicted octanol–water partition coefficient (Wildman–Crippen LogP) is 3.51. The maximum Gasteiger partial charge on any atom is 0.121 e. The van der Waals surface area contributed by atoms with Crippen molar-refractivity contribution in [2.75, 3.05) is 13.2 Å². The van der Waals surface area contributed by atoms with Gasteiger partial charge in [-0.05, 0) is 37.3 Å². The second kappa shape index (κ2) is 7.51. The van der Waals surface area contributed by atoms with Gasteiger partial charge >= 0.3 is 0 Å². The van der Waals surface area contributed by atoms with Crippen molar-refractivity contribution < 1.29 is 9.84 Å². The van der Waals surface area contributed by atoms with Gasteiger partial charge in [0.2, 0.25) is 0 Å². The molecule has 3 atom stereocenters. The summed E-state index contributed by atoms with van der Waals surface area (Å²) >= 11 is 11.7. The molecule has 1 aromatic rings. The van der Waals surface area contributed by atoms with Gasteiger partial charge in [-0.2, -0.15) is 0 Å². The molecule has 0 aliphatic heterocycles. The van der Waals surface area contributed by atoms with Crippen molar-refractivity contribution >= 4 is 23.2 Å². The Morgan fingerprint density at radius 1 is 1.35 bits per heavy atom. The molecular weight excluding hydrogens is 297 g/mol. The molecule has 0 spiro atoms. The SMILES string of the molecule is CC1CCC(NCC(O)COc2ccc(Cl)c(Cl)c2)C1. The van der Waals surface area contributed by atoms with Crippen LogP contribution in [0.5, 0.6) is 5.75 Å². The van der Waals surface area contributed by atoms with Gasteiger partial charge in [-0.3, -0.25) is 0 Å². The highest BCUT2D eigenvalue weighted by atomic mass is 35.5. The van der Waals surface area contributed by atoms with Crippen molar-refractivity contribution in [1.82, 2.24) is 5.32 Å². The lowest BCUT2D eigenvalue weighted by molar-refractivity contribution is 0.103. The average molecular weight is 318 g/mol. The van der Waals surface area contributed by atoms with Crippen LogP contribution in [0, 0.1) is 5.92 Å². The van der Waals surface area contributed by atoms with Gasteiger partial charge in [0.05, 0.1) is 10.0 Å². The third-order valence-electron chi connectivity index (χ3n) is 3.67. The van der Waals surface area contributed by atoms with Crippen LogP contribution >= 0.6 is 23.2 Å². The number of benzene rings is 1. The predicted molar refractivity (Wildman–Crippen MR) is 82.8 cm³/mol. The topological polar surface area (TPSA) is 41.5 Å². The van der Waals surface area contributed by atoms with Crippen LogP contribution in [-0.2, 0) is 0 Å². The van der Waals surface area contributed by atoms with Gasteiger partial charge in [0.1, 0.15) is 18.5 Å². The van der Waals surface area contributed by atoms with Crippen LogP contribution in [0.25, 0.3) is 0 Å². The van der Waals surface area contributed by atoms with Crippen molar-refractivity contribution in [2.24, 2.45) is 5.92 Å². The number of rotatable bonds is 6. The number of halogens is 2. The molecule has 2 rings (SSSR count). The van der Waals surface area contributed by atoms with Gasteiger partial charge in [0.15, 0.2) is 0 Å². The van der Waals surface area contributed by atoms with E-state index in [0.29, 0.717) is 28.4 Å². The van der Waals surface area contributed by atoms with Crippen molar-refractivity contribution in [2.45, 2.75) is 38.3 Å². The molecule has 1 fully saturated rings. The Hall–Kier alpha value is -0.480. The lowest BCUT2D eigenvalue weighted by atomic mass is 10.1. The maximum absolute atomic E-state index is 9.91. The molecule has 1 aliphatic carbocycles. The number of nitrogens with one attached hydrogen (secondary N) is 1. The molecule has 112 valence electrons. The molecule has 0 saturated heterocycles. The molecule has 0 radical (unpaired) electrons. The first-order valence-electron chi connectivity index (χ1n) is 7.04. The highest BCUT2D eigenvalue weighted by Crippen LogP contribution is 2.26. The van der Waals surface area contributed by atoms with Crippen molar-refractivity contribution in [3.63, 3.8) is 0 Å². The van der Waals surface area contributed by atoms with Crippen LogP contribution < -0.4 is 10.1 Å². The molecule has 0 bridgehead atoms. The van der Waals surface area contributed by atoms with Crippen LogP contribution in [0.1, 0.15) is 26.2 Å². The van der Waals surface area contributed by atoms with Gasteiger partial charge < -0.3 is 15.2 Å². The minimum Gasteiger partial charge on any atom is -0.491 e. The summed E-state index contributed by atoms with van der Waals surface area (Å²) in [6.45, 7) is 3.07. The molecule has 1 aromatic carbocycles. The zero-order valence-electron chi connectivity index (χ0n) is 11.6. The van der Waals surface area contributed by atoms with E-state index in [4.69, 9.17) is 27.9 Å². The van der Waals surface area contributed by atoms with Gasteiger partial charge in [0, 0.05) is 18.7 Å². The van der Waals surface area contributed by atoms with Crippen molar-refractivity contribution in [3.05, 3.63) is 28.2 Å². The summed E-state index contributed by atoms with van der Waals surface area (Å²) < 4.78 is 5.51. The van der Waals surface area contributed by atoms with E-state index < -0.39 is 6.10 Å². The van der Waals surface area contributed by atoms with E-state index in [1.165, 1.54) is 19.3 Å². The second-order valence-corrected chi connectivity index (χ2v) is 6.38. The molecule has 2 N–H and O–H groups in total. The fraction of sp³-hybridized carbons (Fsp3) is 0.600. The Balaban J connectivity index is 1.69. The van der Waals surface area contributed by atoms with E-state index in [9.17, 15) is 5.11 Å². The average Bonchev–Trinajstić information content (AvgIpc) is 2.83. The Morgan fingerprint density at radius 2 is 2.15 bits per heavy atom. The summed E-state index contributed by atoms with van der Waals surface area (Å²) in [5, 5.41) is 14.3. The lowest BCUT2D eigenvalue weighted by Crippen LogP contribution is -2.36. The molecule has 0 aromatic heterocycles. The summed E-state index contributed by atoms with van der Waals surface area (Å²) in [4.78, 5) is 0. The number of hydrogen-bond acceptors (Lipinski definition) is 3. The van der Waals surface area contributed by atoms with E-state index in [1.54, 1.807) is 18.2 Å².